The normalized spacial score (nSPS) is 12.7. The maximum atomic E-state index is 12.5. The maximum Gasteiger partial charge on any atom is 0.416 e. The quantitative estimate of drug-likeness (QED) is 0.878. The minimum absolute atomic E-state index is 0.205. The predicted octanol–water partition coefficient (Wildman–Crippen LogP) is 3.53. The molecule has 1 unspecified atom stereocenters. The Labute approximate surface area is 138 Å². The van der Waals surface area contributed by atoms with Gasteiger partial charge in [0.25, 0.3) is 5.91 Å². The second-order valence-corrected chi connectivity index (χ2v) is 5.67. The van der Waals surface area contributed by atoms with Crippen LogP contribution in [0.15, 0.2) is 48.5 Å². The SMILES string of the molecule is CC(Cc1ccc(C(F)(F)F)cc1)NC(=O)c1ccc(CN)cc1. The Morgan fingerprint density at radius 2 is 1.58 bits per heavy atom. The van der Waals surface area contributed by atoms with E-state index in [1.54, 1.807) is 24.3 Å². The molecule has 2 rings (SSSR count). The minimum Gasteiger partial charge on any atom is -0.349 e. The van der Waals surface area contributed by atoms with E-state index >= 15 is 0 Å². The number of amides is 1. The Kier molecular flexibility index (Phi) is 5.62. The molecular weight excluding hydrogens is 317 g/mol. The lowest BCUT2D eigenvalue weighted by atomic mass is 10.0. The van der Waals surface area contributed by atoms with Gasteiger partial charge in [0.15, 0.2) is 0 Å². The molecule has 128 valence electrons. The minimum atomic E-state index is -4.34. The average molecular weight is 336 g/mol. The van der Waals surface area contributed by atoms with Crippen LogP contribution in [0, 0.1) is 0 Å². The Balaban J connectivity index is 1.94. The van der Waals surface area contributed by atoms with Gasteiger partial charge in [0.2, 0.25) is 0 Å². The molecule has 0 aliphatic heterocycles. The molecule has 0 saturated carbocycles. The smallest absolute Gasteiger partial charge is 0.349 e. The molecular formula is C18H19F3N2O. The number of alkyl halides is 3. The zero-order valence-electron chi connectivity index (χ0n) is 13.2. The molecule has 0 aliphatic rings. The third-order valence-electron chi connectivity index (χ3n) is 3.65. The van der Waals surface area contributed by atoms with Crippen molar-refractivity contribution in [1.29, 1.82) is 0 Å². The van der Waals surface area contributed by atoms with E-state index in [9.17, 15) is 18.0 Å². The van der Waals surface area contributed by atoms with Crippen molar-refractivity contribution >= 4 is 5.91 Å². The highest BCUT2D eigenvalue weighted by Crippen LogP contribution is 2.29. The summed E-state index contributed by atoms with van der Waals surface area (Å²) >= 11 is 0. The molecule has 0 radical (unpaired) electrons. The third-order valence-corrected chi connectivity index (χ3v) is 3.65. The second kappa shape index (κ2) is 7.49. The first kappa shape index (κ1) is 18.0. The van der Waals surface area contributed by atoms with Crippen LogP contribution in [0.1, 0.15) is 34.0 Å². The van der Waals surface area contributed by atoms with Gasteiger partial charge in [0, 0.05) is 18.2 Å². The van der Waals surface area contributed by atoms with Crippen molar-refractivity contribution in [2.45, 2.75) is 32.1 Å². The number of halogens is 3. The molecule has 0 bridgehead atoms. The van der Waals surface area contributed by atoms with Crippen LogP contribution in [-0.4, -0.2) is 11.9 Å². The fourth-order valence-electron chi connectivity index (χ4n) is 2.33. The summed E-state index contributed by atoms with van der Waals surface area (Å²) in [4.78, 5) is 12.1. The topological polar surface area (TPSA) is 55.1 Å². The van der Waals surface area contributed by atoms with Gasteiger partial charge in [0.1, 0.15) is 0 Å². The standard InChI is InChI=1S/C18H19F3N2O/c1-12(10-13-4-8-16(9-5-13)18(19,20)21)23-17(24)15-6-2-14(11-22)3-7-15/h2-9,12H,10-11,22H2,1H3,(H,23,24). The predicted molar refractivity (Wildman–Crippen MR) is 86.4 cm³/mol. The fraction of sp³-hybridized carbons (Fsp3) is 0.278. The first-order valence-corrected chi connectivity index (χ1v) is 7.55. The van der Waals surface area contributed by atoms with Gasteiger partial charge in [-0.1, -0.05) is 24.3 Å². The molecule has 0 fully saturated rings. The van der Waals surface area contributed by atoms with Crippen LogP contribution in [0.2, 0.25) is 0 Å². The van der Waals surface area contributed by atoms with E-state index in [-0.39, 0.29) is 11.9 Å². The fourth-order valence-corrected chi connectivity index (χ4v) is 2.33. The van der Waals surface area contributed by atoms with Gasteiger partial charge in [-0.2, -0.15) is 13.2 Å². The van der Waals surface area contributed by atoms with Crippen LogP contribution >= 0.6 is 0 Å². The van der Waals surface area contributed by atoms with Crippen molar-refractivity contribution < 1.29 is 18.0 Å². The van der Waals surface area contributed by atoms with Gasteiger partial charge in [-0.15, -0.1) is 0 Å². The molecule has 0 heterocycles. The maximum absolute atomic E-state index is 12.5. The van der Waals surface area contributed by atoms with Gasteiger partial charge in [-0.3, -0.25) is 4.79 Å². The lowest BCUT2D eigenvalue weighted by Crippen LogP contribution is -2.34. The molecule has 0 saturated heterocycles. The summed E-state index contributed by atoms with van der Waals surface area (Å²) in [5.41, 5.74) is 7.02. The molecule has 3 N–H and O–H groups in total. The van der Waals surface area contributed by atoms with Crippen LogP contribution in [-0.2, 0) is 19.1 Å². The van der Waals surface area contributed by atoms with Gasteiger partial charge in [-0.05, 0) is 48.7 Å². The van der Waals surface area contributed by atoms with Crippen molar-refractivity contribution in [2.24, 2.45) is 5.73 Å². The largest absolute Gasteiger partial charge is 0.416 e. The van der Waals surface area contributed by atoms with Gasteiger partial charge >= 0.3 is 6.18 Å². The van der Waals surface area contributed by atoms with E-state index in [2.05, 4.69) is 5.32 Å². The average Bonchev–Trinajstić information content (AvgIpc) is 2.54. The van der Waals surface area contributed by atoms with Gasteiger partial charge in [-0.25, -0.2) is 0 Å². The van der Waals surface area contributed by atoms with Crippen molar-refractivity contribution in [2.75, 3.05) is 0 Å². The molecule has 2 aromatic rings. The van der Waals surface area contributed by atoms with Crippen molar-refractivity contribution in [1.82, 2.24) is 5.32 Å². The number of nitrogens with two attached hydrogens (primary N) is 1. The van der Waals surface area contributed by atoms with Crippen molar-refractivity contribution in [3.63, 3.8) is 0 Å². The summed E-state index contributed by atoms with van der Waals surface area (Å²) < 4.78 is 37.6. The van der Waals surface area contributed by atoms with Crippen LogP contribution in [0.3, 0.4) is 0 Å². The molecule has 1 amide bonds. The zero-order valence-corrected chi connectivity index (χ0v) is 13.2. The number of hydrogen-bond donors (Lipinski definition) is 2. The number of carbonyl (C=O) groups is 1. The van der Waals surface area contributed by atoms with Gasteiger partial charge < -0.3 is 11.1 Å². The molecule has 6 heteroatoms. The van der Waals surface area contributed by atoms with Gasteiger partial charge in [0.05, 0.1) is 5.56 Å². The van der Waals surface area contributed by atoms with Crippen LogP contribution in [0.25, 0.3) is 0 Å². The number of hydrogen-bond acceptors (Lipinski definition) is 2. The zero-order chi connectivity index (χ0) is 17.7. The summed E-state index contributed by atoms with van der Waals surface area (Å²) in [6.45, 7) is 2.22. The second-order valence-electron chi connectivity index (χ2n) is 5.67. The number of carbonyl (C=O) groups excluding carboxylic acids is 1. The van der Waals surface area contributed by atoms with Crippen molar-refractivity contribution in [3.8, 4) is 0 Å². The van der Waals surface area contributed by atoms with E-state index in [4.69, 9.17) is 5.73 Å². The van der Waals surface area contributed by atoms with Crippen LogP contribution in [0.5, 0.6) is 0 Å². The molecule has 24 heavy (non-hydrogen) atoms. The van der Waals surface area contributed by atoms with E-state index in [0.29, 0.717) is 18.5 Å². The van der Waals surface area contributed by atoms with E-state index in [0.717, 1.165) is 23.3 Å². The van der Waals surface area contributed by atoms with Crippen LogP contribution < -0.4 is 11.1 Å². The van der Waals surface area contributed by atoms with Crippen molar-refractivity contribution in [3.05, 3.63) is 70.8 Å². The summed E-state index contributed by atoms with van der Waals surface area (Å²) in [7, 11) is 0. The number of nitrogens with one attached hydrogen (secondary N) is 1. The molecule has 3 nitrogen and oxygen atoms in total. The molecule has 0 aromatic heterocycles. The van der Waals surface area contributed by atoms with E-state index < -0.39 is 11.7 Å². The summed E-state index contributed by atoms with van der Waals surface area (Å²) in [5, 5.41) is 2.83. The third kappa shape index (κ3) is 4.83. The molecule has 0 spiro atoms. The molecule has 0 aliphatic carbocycles. The first-order chi connectivity index (χ1) is 11.3. The Bertz CT molecular complexity index is 679. The number of benzene rings is 2. The Hall–Kier alpha value is -2.34. The summed E-state index contributed by atoms with van der Waals surface area (Å²) in [6.07, 6.45) is -3.89. The number of rotatable bonds is 5. The highest BCUT2D eigenvalue weighted by atomic mass is 19.4. The van der Waals surface area contributed by atoms with E-state index in [1.165, 1.54) is 12.1 Å². The highest BCUT2D eigenvalue weighted by Gasteiger charge is 2.29. The van der Waals surface area contributed by atoms with Crippen LogP contribution in [0.4, 0.5) is 13.2 Å². The Morgan fingerprint density at radius 1 is 1.04 bits per heavy atom. The lowest BCUT2D eigenvalue weighted by molar-refractivity contribution is -0.137. The monoisotopic (exact) mass is 336 g/mol. The summed E-state index contributed by atoms with van der Waals surface area (Å²) in [6, 6.07) is 11.7. The molecule has 1 atom stereocenters. The van der Waals surface area contributed by atoms with E-state index in [1.807, 2.05) is 6.92 Å². The lowest BCUT2D eigenvalue weighted by Gasteiger charge is -2.15. The summed E-state index contributed by atoms with van der Waals surface area (Å²) in [5.74, 6) is -0.224. The molecule has 2 aromatic carbocycles. The highest BCUT2D eigenvalue weighted by molar-refractivity contribution is 5.94. The first-order valence-electron chi connectivity index (χ1n) is 7.55. The Morgan fingerprint density at radius 3 is 2.08 bits per heavy atom.